The number of carbonyl (C=O) groups is 1. The fourth-order valence-electron chi connectivity index (χ4n) is 2.75. The fourth-order valence-corrected chi connectivity index (χ4v) is 3.33. The highest BCUT2D eigenvalue weighted by Gasteiger charge is 2.22. The predicted molar refractivity (Wildman–Crippen MR) is 103 cm³/mol. The zero-order valence-electron chi connectivity index (χ0n) is 14.0. The molecule has 1 aliphatic carbocycles. The number of nitrogens with one attached hydrogen (secondary N) is 3. The number of halogens is 1. The lowest BCUT2D eigenvalue weighted by Crippen LogP contribution is -2.53. The molecular weight excluding hydrogens is 390 g/mol. The topological polar surface area (TPSA) is 62.4 Å². The van der Waals surface area contributed by atoms with Crippen molar-refractivity contribution in [3.63, 3.8) is 0 Å². The molecular formula is C17H24BrN3O2S. The summed E-state index contributed by atoms with van der Waals surface area (Å²) < 4.78 is 6.51. The van der Waals surface area contributed by atoms with Gasteiger partial charge in [-0.05, 0) is 56.1 Å². The minimum absolute atomic E-state index is 0.282. The number of amides is 1. The molecule has 1 fully saturated rings. The lowest BCUT2D eigenvalue weighted by atomic mass is 9.86. The van der Waals surface area contributed by atoms with Crippen molar-refractivity contribution in [2.24, 2.45) is 5.92 Å². The Kier molecular flexibility index (Phi) is 7.30. The molecule has 0 aliphatic heterocycles. The van der Waals surface area contributed by atoms with E-state index in [-0.39, 0.29) is 5.91 Å². The third-order valence-electron chi connectivity index (χ3n) is 4.21. The van der Waals surface area contributed by atoms with E-state index in [1.165, 1.54) is 19.3 Å². The molecule has 3 atom stereocenters. The summed E-state index contributed by atoms with van der Waals surface area (Å²) in [4.78, 5) is 12.1. The molecule has 3 N–H and O–H groups in total. The first-order valence-corrected chi connectivity index (χ1v) is 9.44. The SMILES string of the molecule is C[C@@H](Oc1cccc(Br)c1)C(=O)NNC(=S)N[C@@H]1CCCC[C@@H]1C. The smallest absolute Gasteiger partial charge is 0.279 e. The lowest BCUT2D eigenvalue weighted by Gasteiger charge is -2.30. The van der Waals surface area contributed by atoms with E-state index in [9.17, 15) is 4.79 Å². The van der Waals surface area contributed by atoms with Gasteiger partial charge in [0.25, 0.3) is 5.91 Å². The van der Waals surface area contributed by atoms with E-state index < -0.39 is 6.10 Å². The number of ether oxygens (including phenoxy) is 1. The van der Waals surface area contributed by atoms with Crippen molar-refractivity contribution >= 4 is 39.2 Å². The Bertz CT molecular complexity index is 585. The average molecular weight is 414 g/mol. The summed E-state index contributed by atoms with van der Waals surface area (Å²) in [5.74, 6) is 0.938. The molecule has 0 bridgehead atoms. The minimum atomic E-state index is -0.636. The molecule has 0 heterocycles. The Morgan fingerprint density at radius 2 is 2.08 bits per heavy atom. The second-order valence-electron chi connectivity index (χ2n) is 6.17. The number of rotatable bonds is 4. The maximum absolute atomic E-state index is 12.1. The molecule has 1 aromatic rings. The maximum Gasteiger partial charge on any atom is 0.279 e. The maximum atomic E-state index is 12.1. The van der Waals surface area contributed by atoms with E-state index >= 15 is 0 Å². The Hall–Kier alpha value is -1.34. The molecule has 2 rings (SSSR count). The molecule has 1 amide bonds. The van der Waals surface area contributed by atoms with Gasteiger partial charge in [0.05, 0.1) is 0 Å². The van der Waals surface area contributed by atoms with Crippen molar-refractivity contribution in [3.05, 3.63) is 28.7 Å². The molecule has 5 nitrogen and oxygen atoms in total. The van der Waals surface area contributed by atoms with Gasteiger partial charge in [0.1, 0.15) is 5.75 Å². The number of thiocarbonyl (C=S) groups is 1. The van der Waals surface area contributed by atoms with Crippen LogP contribution < -0.4 is 20.9 Å². The summed E-state index contributed by atoms with van der Waals surface area (Å²) in [5.41, 5.74) is 5.35. The molecule has 132 valence electrons. The van der Waals surface area contributed by atoms with Crippen LogP contribution in [0.25, 0.3) is 0 Å². The van der Waals surface area contributed by atoms with Crippen LogP contribution in [0.2, 0.25) is 0 Å². The zero-order valence-corrected chi connectivity index (χ0v) is 16.4. The van der Waals surface area contributed by atoms with Gasteiger partial charge in [-0.3, -0.25) is 15.6 Å². The molecule has 7 heteroatoms. The third kappa shape index (κ3) is 5.94. The van der Waals surface area contributed by atoms with Gasteiger partial charge in [0.15, 0.2) is 11.2 Å². The van der Waals surface area contributed by atoms with Crippen molar-refractivity contribution in [1.82, 2.24) is 16.2 Å². The van der Waals surface area contributed by atoms with Gasteiger partial charge in [-0.1, -0.05) is 41.8 Å². The van der Waals surface area contributed by atoms with Crippen LogP contribution in [0.3, 0.4) is 0 Å². The molecule has 0 radical (unpaired) electrons. The average Bonchev–Trinajstić information content (AvgIpc) is 2.54. The Morgan fingerprint density at radius 3 is 2.79 bits per heavy atom. The van der Waals surface area contributed by atoms with Crippen molar-refractivity contribution < 1.29 is 9.53 Å². The fraction of sp³-hybridized carbons (Fsp3) is 0.529. The van der Waals surface area contributed by atoms with Gasteiger partial charge >= 0.3 is 0 Å². The standard InChI is InChI=1S/C17H24BrN3O2S/c1-11-6-3-4-9-15(11)19-17(24)21-20-16(22)12(2)23-14-8-5-7-13(18)10-14/h5,7-8,10-12,15H,3-4,6,9H2,1-2H3,(H,20,22)(H2,19,21,24)/t11-,12+,15+/m0/s1. The van der Waals surface area contributed by atoms with Gasteiger partial charge in [-0.15, -0.1) is 0 Å². The first-order valence-electron chi connectivity index (χ1n) is 8.24. The van der Waals surface area contributed by atoms with Crippen molar-refractivity contribution in [2.45, 2.75) is 51.7 Å². The zero-order chi connectivity index (χ0) is 17.5. The first kappa shape index (κ1) is 19.0. The van der Waals surface area contributed by atoms with Crippen molar-refractivity contribution in [3.8, 4) is 5.75 Å². The molecule has 0 spiro atoms. The van der Waals surface area contributed by atoms with E-state index in [1.54, 1.807) is 13.0 Å². The lowest BCUT2D eigenvalue weighted by molar-refractivity contribution is -0.127. The normalized spacial score (nSPS) is 21.5. The summed E-state index contributed by atoms with van der Waals surface area (Å²) in [7, 11) is 0. The van der Waals surface area contributed by atoms with E-state index in [0.29, 0.717) is 22.8 Å². The van der Waals surface area contributed by atoms with Gasteiger partial charge in [0.2, 0.25) is 0 Å². The highest BCUT2D eigenvalue weighted by atomic mass is 79.9. The summed E-state index contributed by atoms with van der Waals surface area (Å²) in [6.45, 7) is 3.92. The van der Waals surface area contributed by atoms with Gasteiger partial charge < -0.3 is 10.1 Å². The van der Waals surface area contributed by atoms with Crippen LogP contribution in [0.15, 0.2) is 28.7 Å². The predicted octanol–water partition coefficient (Wildman–Crippen LogP) is 3.29. The molecule has 1 aromatic carbocycles. The Balaban J connectivity index is 1.74. The van der Waals surface area contributed by atoms with Crippen LogP contribution in [0, 0.1) is 5.92 Å². The number of hydrazine groups is 1. The number of hydrogen-bond acceptors (Lipinski definition) is 3. The van der Waals surface area contributed by atoms with Crippen LogP contribution >= 0.6 is 28.1 Å². The second kappa shape index (κ2) is 9.22. The van der Waals surface area contributed by atoms with E-state index in [4.69, 9.17) is 17.0 Å². The number of benzene rings is 1. The second-order valence-corrected chi connectivity index (χ2v) is 7.50. The summed E-state index contributed by atoms with van der Waals surface area (Å²) >= 11 is 8.63. The van der Waals surface area contributed by atoms with Crippen LogP contribution in [0.5, 0.6) is 5.75 Å². The van der Waals surface area contributed by atoms with E-state index in [2.05, 4.69) is 39.0 Å². The number of hydrogen-bond donors (Lipinski definition) is 3. The van der Waals surface area contributed by atoms with Gasteiger partial charge in [0, 0.05) is 10.5 Å². The molecule has 1 saturated carbocycles. The van der Waals surface area contributed by atoms with Crippen molar-refractivity contribution in [2.75, 3.05) is 0 Å². The van der Waals surface area contributed by atoms with Crippen LogP contribution in [0.4, 0.5) is 0 Å². The molecule has 24 heavy (non-hydrogen) atoms. The quantitative estimate of drug-likeness (QED) is 0.522. The minimum Gasteiger partial charge on any atom is -0.481 e. The Morgan fingerprint density at radius 1 is 1.33 bits per heavy atom. The van der Waals surface area contributed by atoms with Crippen LogP contribution in [-0.4, -0.2) is 23.2 Å². The monoisotopic (exact) mass is 413 g/mol. The largest absolute Gasteiger partial charge is 0.481 e. The summed E-state index contributed by atoms with van der Waals surface area (Å²) in [6.07, 6.45) is 4.18. The summed E-state index contributed by atoms with van der Waals surface area (Å²) in [5, 5.41) is 3.72. The molecule has 0 aromatic heterocycles. The van der Waals surface area contributed by atoms with Crippen LogP contribution in [0.1, 0.15) is 39.5 Å². The van der Waals surface area contributed by atoms with Crippen molar-refractivity contribution in [1.29, 1.82) is 0 Å². The highest BCUT2D eigenvalue weighted by molar-refractivity contribution is 9.10. The highest BCUT2D eigenvalue weighted by Crippen LogP contribution is 2.23. The summed E-state index contributed by atoms with van der Waals surface area (Å²) in [6, 6.07) is 7.74. The van der Waals surface area contributed by atoms with Gasteiger partial charge in [-0.2, -0.15) is 0 Å². The third-order valence-corrected chi connectivity index (χ3v) is 4.92. The molecule has 0 saturated heterocycles. The van der Waals surface area contributed by atoms with Gasteiger partial charge in [-0.25, -0.2) is 0 Å². The molecule has 1 aliphatic rings. The first-order chi connectivity index (χ1) is 11.5. The van der Waals surface area contributed by atoms with E-state index in [0.717, 1.165) is 10.9 Å². The molecule has 0 unspecified atom stereocenters. The number of carbonyl (C=O) groups excluding carboxylic acids is 1. The van der Waals surface area contributed by atoms with Crippen LogP contribution in [-0.2, 0) is 4.79 Å². The Labute approximate surface area is 157 Å². The van der Waals surface area contributed by atoms with E-state index in [1.807, 2.05) is 18.2 Å².